The third kappa shape index (κ3) is 3.61. The van der Waals surface area contributed by atoms with Gasteiger partial charge in [0.2, 0.25) is 0 Å². The van der Waals surface area contributed by atoms with E-state index in [0.29, 0.717) is 22.8 Å². The van der Waals surface area contributed by atoms with E-state index in [4.69, 9.17) is 8.94 Å². The van der Waals surface area contributed by atoms with Crippen LogP contribution in [-0.2, 0) is 5.60 Å². The minimum atomic E-state index is -1.26. The molecule has 0 spiro atoms. The smallest absolute Gasteiger partial charge is 0.273 e. The van der Waals surface area contributed by atoms with Gasteiger partial charge in [-0.05, 0) is 39.0 Å². The molecule has 0 aliphatic heterocycles. The number of amides is 1. The molecule has 1 atom stereocenters. The molecule has 3 aromatic rings. The monoisotopic (exact) mass is 341 g/mol. The predicted octanol–water partition coefficient (Wildman–Crippen LogP) is 2.58. The average molecular weight is 341 g/mol. The average Bonchev–Trinajstić information content (AvgIpc) is 3.20. The molecule has 25 heavy (non-hydrogen) atoms. The molecule has 0 radical (unpaired) electrons. The van der Waals surface area contributed by atoms with E-state index in [1.807, 2.05) is 6.07 Å². The van der Waals surface area contributed by atoms with Crippen molar-refractivity contribution in [3.8, 4) is 11.3 Å². The summed E-state index contributed by atoms with van der Waals surface area (Å²) < 4.78 is 10.6. The molecular weight excluding hydrogens is 322 g/mol. The molecule has 0 saturated carbocycles. The number of aryl methyl sites for hydroxylation is 2. The number of aromatic nitrogens is 2. The van der Waals surface area contributed by atoms with Gasteiger partial charge in [-0.1, -0.05) is 5.16 Å². The lowest BCUT2D eigenvalue weighted by molar-refractivity contribution is 0.0511. The maximum atomic E-state index is 12.3. The summed E-state index contributed by atoms with van der Waals surface area (Å²) in [6, 6.07) is 6.88. The molecule has 0 aliphatic carbocycles. The number of furan rings is 1. The second-order valence-corrected chi connectivity index (χ2v) is 6.10. The number of carbonyl (C=O) groups excluding carboxylic acids is 1. The van der Waals surface area contributed by atoms with Crippen molar-refractivity contribution in [2.24, 2.45) is 0 Å². The third-order valence-electron chi connectivity index (χ3n) is 3.90. The van der Waals surface area contributed by atoms with Crippen LogP contribution < -0.4 is 5.32 Å². The summed E-state index contributed by atoms with van der Waals surface area (Å²) in [5.74, 6) is 1.34. The van der Waals surface area contributed by atoms with Gasteiger partial charge in [-0.2, -0.15) is 0 Å². The first kappa shape index (κ1) is 16.9. The van der Waals surface area contributed by atoms with E-state index in [1.54, 1.807) is 45.3 Å². The Morgan fingerprint density at radius 3 is 2.80 bits per heavy atom. The van der Waals surface area contributed by atoms with Crippen LogP contribution in [0.1, 0.15) is 34.5 Å². The van der Waals surface area contributed by atoms with Gasteiger partial charge >= 0.3 is 0 Å². The number of hydrogen-bond acceptors (Lipinski definition) is 6. The fourth-order valence-corrected chi connectivity index (χ4v) is 2.63. The third-order valence-corrected chi connectivity index (χ3v) is 3.90. The van der Waals surface area contributed by atoms with Gasteiger partial charge < -0.3 is 19.4 Å². The van der Waals surface area contributed by atoms with Gasteiger partial charge in [0.25, 0.3) is 5.91 Å². The lowest BCUT2D eigenvalue weighted by atomic mass is 9.96. The zero-order valence-corrected chi connectivity index (χ0v) is 14.2. The van der Waals surface area contributed by atoms with Crippen molar-refractivity contribution in [3.63, 3.8) is 0 Å². The van der Waals surface area contributed by atoms with E-state index in [-0.39, 0.29) is 12.2 Å². The number of carbonyl (C=O) groups is 1. The maximum absolute atomic E-state index is 12.3. The Balaban J connectivity index is 1.69. The lowest BCUT2D eigenvalue weighted by Crippen LogP contribution is -2.38. The zero-order valence-electron chi connectivity index (χ0n) is 14.2. The second-order valence-electron chi connectivity index (χ2n) is 6.10. The normalized spacial score (nSPS) is 13.4. The molecule has 7 nitrogen and oxygen atoms in total. The summed E-state index contributed by atoms with van der Waals surface area (Å²) in [6.07, 6.45) is 3.27. The Kier molecular flexibility index (Phi) is 4.41. The Labute approximate surface area is 144 Å². The van der Waals surface area contributed by atoms with Crippen LogP contribution in [0.2, 0.25) is 0 Å². The number of nitrogens with one attached hydrogen (secondary N) is 1. The SMILES string of the molecule is Cc1cc(C(C)(O)CNC(=O)c2cc(-c3cccnc3)on2)c(C)o1. The van der Waals surface area contributed by atoms with E-state index in [9.17, 15) is 9.90 Å². The van der Waals surface area contributed by atoms with Gasteiger partial charge in [-0.15, -0.1) is 0 Å². The summed E-state index contributed by atoms with van der Waals surface area (Å²) in [4.78, 5) is 16.3. The summed E-state index contributed by atoms with van der Waals surface area (Å²) in [5.41, 5.74) is 0.245. The Hall–Kier alpha value is -2.93. The number of rotatable bonds is 5. The van der Waals surface area contributed by atoms with Crippen LogP contribution in [0.4, 0.5) is 0 Å². The Bertz CT molecular complexity index is 881. The summed E-state index contributed by atoms with van der Waals surface area (Å²) >= 11 is 0. The van der Waals surface area contributed by atoms with Crippen molar-refractivity contribution in [1.29, 1.82) is 0 Å². The van der Waals surface area contributed by atoms with Crippen molar-refractivity contribution in [1.82, 2.24) is 15.5 Å². The van der Waals surface area contributed by atoms with Gasteiger partial charge in [0, 0.05) is 29.6 Å². The highest BCUT2D eigenvalue weighted by atomic mass is 16.5. The molecule has 3 aromatic heterocycles. The summed E-state index contributed by atoms with van der Waals surface area (Å²) in [6.45, 7) is 5.21. The van der Waals surface area contributed by atoms with E-state index in [1.165, 1.54) is 6.07 Å². The Morgan fingerprint density at radius 1 is 1.36 bits per heavy atom. The number of hydrogen-bond donors (Lipinski definition) is 2. The van der Waals surface area contributed by atoms with Gasteiger partial charge in [0.05, 0.1) is 6.54 Å². The zero-order chi connectivity index (χ0) is 18.0. The lowest BCUT2D eigenvalue weighted by Gasteiger charge is -2.23. The maximum Gasteiger partial charge on any atom is 0.273 e. The van der Waals surface area contributed by atoms with Crippen molar-refractivity contribution >= 4 is 5.91 Å². The molecule has 0 aromatic carbocycles. The van der Waals surface area contributed by atoms with Gasteiger partial charge in [0.1, 0.15) is 17.1 Å². The predicted molar refractivity (Wildman–Crippen MR) is 89.8 cm³/mol. The van der Waals surface area contributed by atoms with Crippen molar-refractivity contribution in [3.05, 3.63) is 59.4 Å². The van der Waals surface area contributed by atoms with E-state index in [0.717, 1.165) is 5.56 Å². The van der Waals surface area contributed by atoms with Crippen molar-refractivity contribution < 1.29 is 18.8 Å². The molecule has 130 valence electrons. The number of nitrogens with zero attached hydrogens (tertiary/aromatic N) is 2. The van der Waals surface area contributed by atoms with Gasteiger partial charge in [-0.25, -0.2) is 0 Å². The summed E-state index contributed by atoms with van der Waals surface area (Å²) in [7, 11) is 0. The second kappa shape index (κ2) is 6.52. The van der Waals surface area contributed by atoms with Crippen LogP contribution in [0.3, 0.4) is 0 Å². The van der Waals surface area contributed by atoms with Crippen LogP contribution in [0, 0.1) is 13.8 Å². The fraction of sp³-hybridized carbons (Fsp3) is 0.278. The molecule has 3 rings (SSSR count). The van der Waals surface area contributed by atoms with Gasteiger partial charge in [0.15, 0.2) is 11.5 Å². The fourth-order valence-electron chi connectivity index (χ4n) is 2.63. The molecule has 3 heterocycles. The molecule has 0 saturated heterocycles. The number of pyridine rings is 1. The van der Waals surface area contributed by atoms with Crippen LogP contribution in [0.25, 0.3) is 11.3 Å². The molecule has 1 unspecified atom stereocenters. The molecular formula is C18H19N3O4. The minimum Gasteiger partial charge on any atom is -0.466 e. The van der Waals surface area contributed by atoms with E-state index < -0.39 is 11.5 Å². The van der Waals surface area contributed by atoms with Crippen LogP contribution >= 0.6 is 0 Å². The first-order chi connectivity index (χ1) is 11.9. The van der Waals surface area contributed by atoms with Crippen LogP contribution in [0.5, 0.6) is 0 Å². The largest absolute Gasteiger partial charge is 0.466 e. The molecule has 7 heteroatoms. The quantitative estimate of drug-likeness (QED) is 0.739. The topological polar surface area (TPSA) is 101 Å². The van der Waals surface area contributed by atoms with Crippen molar-refractivity contribution in [2.75, 3.05) is 6.54 Å². The molecule has 1 amide bonds. The van der Waals surface area contributed by atoms with Crippen LogP contribution in [0.15, 0.2) is 45.6 Å². The number of aliphatic hydroxyl groups is 1. The highest BCUT2D eigenvalue weighted by molar-refractivity contribution is 5.93. The molecule has 0 aliphatic rings. The molecule has 2 N–H and O–H groups in total. The standard InChI is InChI=1S/C18H19N3O4/c1-11-7-14(12(2)24-11)18(3,23)10-20-17(22)15-8-16(25-21-15)13-5-4-6-19-9-13/h4-9,23H,10H2,1-3H3,(H,20,22). The van der Waals surface area contributed by atoms with E-state index in [2.05, 4.69) is 15.5 Å². The highest BCUT2D eigenvalue weighted by Crippen LogP contribution is 2.26. The van der Waals surface area contributed by atoms with Gasteiger partial charge in [-0.3, -0.25) is 9.78 Å². The van der Waals surface area contributed by atoms with E-state index >= 15 is 0 Å². The summed E-state index contributed by atoms with van der Waals surface area (Å²) in [5, 5.41) is 17.1. The highest BCUT2D eigenvalue weighted by Gasteiger charge is 2.28. The first-order valence-corrected chi connectivity index (χ1v) is 7.82. The molecule has 0 fully saturated rings. The van der Waals surface area contributed by atoms with Crippen molar-refractivity contribution in [2.45, 2.75) is 26.4 Å². The Morgan fingerprint density at radius 2 is 2.16 bits per heavy atom. The first-order valence-electron chi connectivity index (χ1n) is 7.82. The van der Waals surface area contributed by atoms with Crippen LogP contribution in [-0.4, -0.2) is 27.7 Å². The minimum absolute atomic E-state index is 0.0146. The molecule has 0 bridgehead atoms.